The summed E-state index contributed by atoms with van der Waals surface area (Å²) in [6, 6.07) is 17.8. The molecule has 0 spiro atoms. The van der Waals surface area contributed by atoms with Crippen molar-refractivity contribution in [2.75, 3.05) is 19.6 Å². The van der Waals surface area contributed by atoms with Gasteiger partial charge in [-0.3, -0.25) is 9.69 Å². The van der Waals surface area contributed by atoms with E-state index in [1.807, 2.05) is 43.3 Å². The first-order chi connectivity index (χ1) is 16.4. The van der Waals surface area contributed by atoms with Crippen LogP contribution in [0.2, 0.25) is 0 Å². The molecule has 2 N–H and O–H groups in total. The minimum Gasteiger partial charge on any atom is -0.508 e. The van der Waals surface area contributed by atoms with E-state index in [4.69, 9.17) is 4.74 Å². The number of likely N-dealkylation sites (tertiary alicyclic amines) is 1. The van der Waals surface area contributed by atoms with Crippen molar-refractivity contribution in [3.05, 3.63) is 77.4 Å². The fraction of sp³-hybridized carbons (Fsp3) is 0.250. The molecule has 1 saturated heterocycles. The van der Waals surface area contributed by atoms with Gasteiger partial charge in [-0.15, -0.1) is 11.3 Å². The van der Waals surface area contributed by atoms with Crippen LogP contribution in [0.25, 0.3) is 20.5 Å². The Labute approximate surface area is 202 Å². The van der Waals surface area contributed by atoms with Crippen LogP contribution in [-0.4, -0.2) is 46.6 Å². The van der Waals surface area contributed by atoms with E-state index in [9.17, 15) is 15.0 Å². The Morgan fingerprint density at radius 2 is 1.82 bits per heavy atom. The number of carbonyl (C=O) groups excluding carboxylic acids is 1. The molecular weight excluding hydrogens is 446 g/mol. The third kappa shape index (κ3) is 4.27. The minimum atomic E-state index is -0.0815. The second-order valence-electron chi connectivity index (χ2n) is 8.84. The molecule has 0 saturated carbocycles. The van der Waals surface area contributed by atoms with Crippen LogP contribution >= 0.6 is 11.3 Å². The number of benzene rings is 3. The topological polar surface area (TPSA) is 70.0 Å². The van der Waals surface area contributed by atoms with Crippen LogP contribution in [0.5, 0.6) is 17.2 Å². The van der Waals surface area contributed by atoms with Gasteiger partial charge >= 0.3 is 0 Å². The van der Waals surface area contributed by atoms with Gasteiger partial charge in [0.2, 0.25) is 0 Å². The second kappa shape index (κ2) is 9.12. The third-order valence-corrected chi connectivity index (χ3v) is 7.44. The fourth-order valence-corrected chi connectivity index (χ4v) is 5.66. The molecular formula is C28H27NO4S. The number of thiophene rings is 1. The molecule has 0 aliphatic carbocycles. The first-order valence-corrected chi connectivity index (χ1v) is 12.3. The Hall–Kier alpha value is -3.35. The van der Waals surface area contributed by atoms with Gasteiger partial charge in [-0.25, -0.2) is 0 Å². The predicted molar refractivity (Wildman–Crippen MR) is 136 cm³/mol. The van der Waals surface area contributed by atoms with Gasteiger partial charge in [0, 0.05) is 39.2 Å². The van der Waals surface area contributed by atoms with E-state index in [1.54, 1.807) is 24.3 Å². The van der Waals surface area contributed by atoms with Crippen LogP contribution < -0.4 is 4.74 Å². The van der Waals surface area contributed by atoms with Crippen molar-refractivity contribution >= 4 is 27.2 Å². The zero-order chi connectivity index (χ0) is 23.8. The number of hydrogen-bond acceptors (Lipinski definition) is 6. The molecule has 34 heavy (non-hydrogen) atoms. The first kappa shape index (κ1) is 22.4. The molecule has 1 aliphatic rings. The molecule has 1 aromatic heterocycles. The smallest absolute Gasteiger partial charge is 0.195 e. The normalized spacial score (nSPS) is 14.3. The molecule has 0 radical (unpaired) electrons. The molecule has 0 amide bonds. The van der Waals surface area contributed by atoms with Crippen molar-refractivity contribution < 1.29 is 19.7 Å². The Morgan fingerprint density at radius 3 is 2.53 bits per heavy atom. The van der Waals surface area contributed by atoms with Crippen molar-refractivity contribution in [3.63, 3.8) is 0 Å². The molecule has 6 heteroatoms. The highest BCUT2D eigenvalue weighted by atomic mass is 32.1. The Balaban J connectivity index is 1.46. The molecule has 4 aromatic rings. The summed E-state index contributed by atoms with van der Waals surface area (Å²) in [4.78, 5) is 16.9. The standard InChI is InChI=1S/C28H27NO4S/c1-3-12-29-15-22(16-29)33-21-8-4-18(5-9-21)27(32)26-23-10-7-20(30)14-25(23)34-28(26)19-6-11-24(31)17(2)13-19/h4-11,13-14,22,30-31H,3,12,15-16H2,1-2H3. The number of phenolic OH excluding ortho intramolecular Hbond substituents is 2. The lowest BCUT2D eigenvalue weighted by molar-refractivity contribution is 0.0202. The van der Waals surface area contributed by atoms with E-state index in [-0.39, 0.29) is 23.4 Å². The van der Waals surface area contributed by atoms with Gasteiger partial charge < -0.3 is 14.9 Å². The highest BCUT2D eigenvalue weighted by Crippen LogP contribution is 2.42. The summed E-state index contributed by atoms with van der Waals surface area (Å²) >= 11 is 1.46. The van der Waals surface area contributed by atoms with E-state index in [0.717, 1.165) is 57.9 Å². The van der Waals surface area contributed by atoms with E-state index in [2.05, 4.69) is 11.8 Å². The number of nitrogens with zero attached hydrogens (tertiary/aromatic N) is 1. The van der Waals surface area contributed by atoms with Crippen LogP contribution in [0.4, 0.5) is 0 Å². The monoisotopic (exact) mass is 473 g/mol. The highest BCUT2D eigenvalue weighted by molar-refractivity contribution is 7.22. The molecule has 0 unspecified atom stereocenters. The molecule has 5 nitrogen and oxygen atoms in total. The van der Waals surface area contributed by atoms with Crippen molar-refractivity contribution in [1.29, 1.82) is 0 Å². The summed E-state index contributed by atoms with van der Waals surface area (Å²) in [5, 5.41) is 20.8. The number of aromatic hydroxyl groups is 2. The summed E-state index contributed by atoms with van der Waals surface area (Å²) in [7, 11) is 0. The Morgan fingerprint density at radius 1 is 1.06 bits per heavy atom. The van der Waals surface area contributed by atoms with Crippen molar-refractivity contribution in [3.8, 4) is 27.7 Å². The zero-order valence-corrected chi connectivity index (χ0v) is 20.1. The maximum absolute atomic E-state index is 13.7. The summed E-state index contributed by atoms with van der Waals surface area (Å²) in [6.45, 7) is 7.00. The molecule has 1 fully saturated rings. The van der Waals surface area contributed by atoms with Crippen molar-refractivity contribution in [2.24, 2.45) is 0 Å². The number of fused-ring (bicyclic) bond motifs is 1. The van der Waals surface area contributed by atoms with E-state index < -0.39 is 0 Å². The number of ketones is 1. The number of carbonyl (C=O) groups is 1. The number of ether oxygens (including phenoxy) is 1. The van der Waals surface area contributed by atoms with E-state index >= 15 is 0 Å². The lowest BCUT2D eigenvalue weighted by Gasteiger charge is -2.38. The summed E-state index contributed by atoms with van der Waals surface area (Å²) < 4.78 is 6.89. The van der Waals surface area contributed by atoms with E-state index in [0.29, 0.717) is 11.1 Å². The van der Waals surface area contributed by atoms with Crippen molar-refractivity contribution in [2.45, 2.75) is 26.4 Å². The molecule has 174 valence electrons. The average molecular weight is 474 g/mol. The highest BCUT2D eigenvalue weighted by Gasteiger charge is 2.27. The van der Waals surface area contributed by atoms with Gasteiger partial charge in [-0.05, 0) is 91.7 Å². The molecule has 0 atom stereocenters. The Bertz CT molecular complexity index is 1350. The molecule has 0 bridgehead atoms. The van der Waals surface area contributed by atoms with Gasteiger partial charge in [-0.1, -0.05) is 6.92 Å². The predicted octanol–water partition coefficient (Wildman–Crippen LogP) is 5.99. The van der Waals surface area contributed by atoms with E-state index in [1.165, 1.54) is 11.3 Å². The van der Waals surface area contributed by atoms with Gasteiger partial charge in [0.25, 0.3) is 0 Å². The summed E-state index contributed by atoms with van der Waals surface area (Å²) in [5.41, 5.74) is 2.79. The van der Waals surface area contributed by atoms with Gasteiger partial charge in [0.1, 0.15) is 23.4 Å². The SMILES string of the molecule is CCCN1CC(Oc2ccc(C(=O)c3c(-c4ccc(O)c(C)c4)sc4cc(O)ccc34)cc2)C1. The van der Waals surface area contributed by atoms with Crippen molar-refractivity contribution in [1.82, 2.24) is 4.90 Å². The van der Waals surface area contributed by atoms with Crippen LogP contribution in [0.3, 0.4) is 0 Å². The van der Waals surface area contributed by atoms with Crippen LogP contribution in [-0.2, 0) is 0 Å². The molecule has 2 heterocycles. The number of rotatable bonds is 7. The third-order valence-electron chi connectivity index (χ3n) is 6.24. The quantitative estimate of drug-likeness (QED) is 0.323. The summed E-state index contributed by atoms with van der Waals surface area (Å²) in [6.07, 6.45) is 1.34. The van der Waals surface area contributed by atoms with Crippen LogP contribution in [0.1, 0.15) is 34.8 Å². The number of phenols is 2. The molecule has 1 aliphatic heterocycles. The fourth-order valence-electron chi connectivity index (χ4n) is 4.43. The van der Waals surface area contributed by atoms with Crippen LogP contribution in [0, 0.1) is 6.92 Å². The average Bonchev–Trinajstić information content (AvgIpc) is 3.18. The van der Waals surface area contributed by atoms with Gasteiger partial charge in [0.05, 0.1) is 0 Å². The Kier molecular flexibility index (Phi) is 6.02. The lowest BCUT2D eigenvalue weighted by atomic mass is 9.97. The first-order valence-electron chi connectivity index (χ1n) is 11.5. The lowest BCUT2D eigenvalue weighted by Crippen LogP contribution is -2.53. The maximum Gasteiger partial charge on any atom is 0.195 e. The second-order valence-corrected chi connectivity index (χ2v) is 9.89. The number of aryl methyl sites for hydroxylation is 1. The summed E-state index contributed by atoms with van der Waals surface area (Å²) in [5.74, 6) is 1.07. The van der Waals surface area contributed by atoms with Gasteiger partial charge in [0.15, 0.2) is 5.78 Å². The zero-order valence-electron chi connectivity index (χ0n) is 19.2. The largest absolute Gasteiger partial charge is 0.508 e. The maximum atomic E-state index is 13.7. The minimum absolute atomic E-state index is 0.0815. The number of hydrogen-bond donors (Lipinski definition) is 2. The van der Waals surface area contributed by atoms with Crippen LogP contribution in [0.15, 0.2) is 60.7 Å². The molecule has 5 rings (SSSR count). The van der Waals surface area contributed by atoms with Gasteiger partial charge in [-0.2, -0.15) is 0 Å². The molecule has 3 aromatic carbocycles.